The fourth-order valence-electron chi connectivity index (χ4n) is 3.20. The zero-order valence-electron chi connectivity index (χ0n) is 11.1. The van der Waals surface area contributed by atoms with Crippen LogP contribution in [0.3, 0.4) is 0 Å². The summed E-state index contributed by atoms with van der Waals surface area (Å²) in [7, 11) is 0. The Morgan fingerprint density at radius 2 is 2.28 bits per heavy atom. The number of esters is 1. The van der Waals surface area contributed by atoms with Crippen molar-refractivity contribution in [2.45, 2.75) is 57.3 Å². The zero-order chi connectivity index (χ0) is 12.9. The van der Waals surface area contributed by atoms with Crippen LogP contribution in [0.2, 0.25) is 0 Å². The minimum atomic E-state index is -0.233. The van der Waals surface area contributed by atoms with Crippen LogP contribution in [-0.4, -0.2) is 23.8 Å². The van der Waals surface area contributed by atoms with Crippen molar-refractivity contribution in [2.24, 2.45) is 5.92 Å². The summed E-state index contributed by atoms with van der Waals surface area (Å²) in [5.74, 6) is -0.102. The molecule has 0 saturated carbocycles. The number of hydrogen-bond donors (Lipinski definition) is 0. The standard InChI is InChI=1S/C15H20O3/c1-9-5-4-8-15(3)13(18-15)12-11(7-6-9)10(2)14(16)17-12/h5,11-13H,2,4,6-8H2,1,3H3/b9-5+/t11-,12-,13-,15-/m1/s1. The maximum atomic E-state index is 11.7. The molecule has 2 saturated heterocycles. The summed E-state index contributed by atoms with van der Waals surface area (Å²) in [5.41, 5.74) is 1.91. The predicted octanol–water partition coefficient (Wildman–Crippen LogP) is 2.76. The van der Waals surface area contributed by atoms with E-state index in [0.29, 0.717) is 5.57 Å². The minimum Gasteiger partial charge on any atom is -0.455 e. The first kappa shape index (κ1) is 12.0. The Bertz CT molecular complexity index is 437. The molecule has 0 radical (unpaired) electrons. The second-order valence-corrected chi connectivity index (χ2v) is 5.98. The van der Waals surface area contributed by atoms with Crippen LogP contribution in [0.5, 0.6) is 0 Å². The van der Waals surface area contributed by atoms with E-state index in [1.807, 2.05) is 0 Å². The van der Waals surface area contributed by atoms with Crippen molar-refractivity contribution in [1.82, 2.24) is 0 Å². The molecule has 0 aromatic heterocycles. The first-order valence-electron chi connectivity index (χ1n) is 6.74. The topological polar surface area (TPSA) is 38.8 Å². The Hall–Kier alpha value is -1.09. The summed E-state index contributed by atoms with van der Waals surface area (Å²) in [5, 5.41) is 0. The first-order chi connectivity index (χ1) is 8.51. The van der Waals surface area contributed by atoms with E-state index in [0.717, 1.165) is 25.7 Å². The summed E-state index contributed by atoms with van der Waals surface area (Å²) < 4.78 is 11.3. The Morgan fingerprint density at radius 1 is 1.50 bits per heavy atom. The molecule has 3 heteroatoms. The highest BCUT2D eigenvalue weighted by Gasteiger charge is 2.61. The highest BCUT2D eigenvalue weighted by atomic mass is 16.6. The molecule has 0 N–H and O–H groups in total. The molecule has 2 aliphatic heterocycles. The van der Waals surface area contributed by atoms with Gasteiger partial charge in [0.15, 0.2) is 0 Å². The number of allylic oxidation sites excluding steroid dienone is 2. The number of fused-ring (bicyclic) bond motifs is 3. The van der Waals surface area contributed by atoms with E-state index >= 15 is 0 Å². The fourth-order valence-corrected chi connectivity index (χ4v) is 3.20. The molecule has 4 atom stereocenters. The smallest absolute Gasteiger partial charge is 0.334 e. The molecule has 0 bridgehead atoms. The Labute approximate surface area is 108 Å². The summed E-state index contributed by atoms with van der Waals surface area (Å²) in [6.07, 6.45) is 6.25. The lowest BCUT2D eigenvalue weighted by Gasteiger charge is -2.19. The van der Waals surface area contributed by atoms with E-state index in [1.165, 1.54) is 5.57 Å². The molecule has 2 heterocycles. The minimum absolute atomic E-state index is 0.0671. The first-order valence-corrected chi connectivity index (χ1v) is 6.74. The molecule has 0 amide bonds. The predicted molar refractivity (Wildman–Crippen MR) is 68.0 cm³/mol. The van der Waals surface area contributed by atoms with Gasteiger partial charge in [0.2, 0.25) is 0 Å². The Balaban J connectivity index is 1.87. The van der Waals surface area contributed by atoms with Crippen LogP contribution in [0.15, 0.2) is 23.8 Å². The van der Waals surface area contributed by atoms with E-state index in [4.69, 9.17) is 9.47 Å². The molecule has 0 aromatic rings. The molecule has 3 rings (SSSR count). The van der Waals surface area contributed by atoms with Crippen molar-refractivity contribution in [3.8, 4) is 0 Å². The van der Waals surface area contributed by atoms with Crippen molar-refractivity contribution in [3.63, 3.8) is 0 Å². The molecule has 0 aromatic carbocycles. The second kappa shape index (κ2) is 3.95. The molecule has 2 fully saturated rings. The van der Waals surface area contributed by atoms with Crippen LogP contribution in [0, 0.1) is 5.92 Å². The maximum Gasteiger partial charge on any atom is 0.334 e. The molecule has 0 unspecified atom stereocenters. The van der Waals surface area contributed by atoms with Gasteiger partial charge in [-0.25, -0.2) is 4.79 Å². The average molecular weight is 248 g/mol. The number of carbonyl (C=O) groups excluding carboxylic acids is 1. The average Bonchev–Trinajstić information content (AvgIpc) is 2.90. The van der Waals surface area contributed by atoms with Crippen LogP contribution in [0.4, 0.5) is 0 Å². The molecule has 18 heavy (non-hydrogen) atoms. The van der Waals surface area contributed by atoms with E-state index < -0.39 is 0 Å². The van der Waals surface area contributed by atoms with Crippen molar-refractivity contribution in [1.29, 1.82) is 0 Å². The number of hydrogen-bond acceptors (Lipinski definition) is 3. The largest absolute Gasteiger partial charge is 0.455 e. The van der Waals surface area contributed by atoms with Gasteiger partial charge in [-0.1, -0.05) is 18.2 Å². The van der Waals surface area contributed by atoms with Gasteiger partial charge in [-0.2, -0.15) is 0 Å². The molecular formula is C15H20O3. The summed E-state index contributed by atoms with van der Waals surface area (Å²) in [4.78, 5) is 11.7. The van der Waals surface area contributed by atoms with Crippen molar-refractivity contribution in [3.05, 3.63) is 23.8 Å². The second-order valence-electron chi connectivity index (χ2n) is 5.98. The zero-order valence-corrected chi connectivity index (χ0v) is 11.1. The normalized spacial score (nSPS) is 46.6. The van der Waals surface area contributed by atoms with Gasteiger partial charge in [0.05, 0.1) is 5.60 Å². The summed E-state index contributed by atoms with van der Waals surface area (Å²) in [6.45, 7) is 8.17. The van der Waals surface area contributed by atoms with Gasteiger partial charge in [-0.3, -0.25) is 0 Å². The fraction of sp³-hybridized carbons (Fsp3) is 0.667. The lowest BCUT2D eigenvalue weighted by molar-refractivity contribution is -0.140. The van der Waals surface area contributed by atoms with E-state index in [9.17, 15) is 4.79 Å². The van der Waals surface area contributed by atoms with Crippen molar-refractivity contribution >= 4 is 5.97 Å². The van der Waals surface area contributed by atoms with Gasteiger partial charge >= 0.3 is 5.97 Å². The lowest BCUT2D eigenvalue weighted by Crippen LogP contribution is -2.28. The Morgan fingerprint density at radius 3 is 3.06 bits per heavy atom. The highest BCUT2D eigenvalue weighted by molar-refractivity contribution is 5.91. The van der Waals surface area contributed by atoms with Crippen molar-refractivity contribution < 1.29 is 14.3 Å². The van der Waals surface area contributed by atoms with Gasteiger partial charge in [-0.15, -0.1) is 0 Å². The quantitative estimate of drug-likeness (QED) is 0.286. The van der Waals surface area contributed by atoms with Gasteiger partial charge in [0.1, 0.15) is 12.2 Å². The van der Waals surface area contributed by atoms with Crippen LogP contribution >= 0.6 is 0 Å². The highest BCUT2D eigenvalue weighted by Crippen LogP contribution is 2.49. The molecule has 98 valence electrons. The third-order valence-corrected chi connectivity index (χ3v) is 4.57. The summed E-state index contributed by atoms with van der Waals surface area (Å²) in [6, 6.07) is 0. The molecule has 3 aliphatic rings. The van der Waals surface area contributed by atoms with Crippen LogP contribution in [-0.2, 0) is 14.3 Å². The van der Waals surface area contributed by atoms with E-state index in [-0.39, 0.29) is 29.7 Å². The van der Waals surface area contributed by atoms with E-state index in [2.05, 4.69) is 26.5 Å². The third-order valence-electron chi connectivity index (χ3n) is 4.57. The third kappa shape index (κ3) is 1.81. The molecule has 3 nitrogen and oxygen atoms in total. The molecular weight excluding hydrogens is 228 g/mol. The number of carbonyl (C=O) groups is 1. The number of ether oxygens (including phenoxy) is 2. The number of rotatable bonds is 0. The van der Waals surface area contributed by atoms with Gasteiger partial charge < -0.3 is 9.47 Å². The van der Waals surface area contributed by atoms with Crippen LogP contribution in [0.25, 0.3) is 0 Å². The molecule has 1 aliphatic carbocycles. The van der Waals surface area contributed by atoms with Gasteiger partial charge in [0, 0.05) is 11.5 Å². The lowest BCUT2D eigenvalue weighted by atomic mass is 9.84. The van der Waals surface area contributed by atoms with Gasteiger partial charge in [0.25, 0.3) is 0 Å². The number of epoxide rings is 1. The van der Waals surface area contributed by atoms with Crippen LogP contribution < -0.4 is 0 Å². The maximum absolute atomic E-state index is 11.7. The monoisotopic (exact) mass is 248 g/mol. The van der Waals surface area contributed by atoms with Crippen LogP contribution in [0.1, 0.15) is 39.5 Å². The van der Waals surface area contributed by atoms with E-state index in [1.54, 1.807) is 0 Å². The SMILES string of the molecule is C=C1C(=O)O[C@@H]2[C@@H]1CC/C(C)=C/CC[C@@]1(C)O[C@H]21. The van der Waals surface area contributed by atoms with Gasteiger partial charge in [-0.05, 0) is 39.5 Å². The van der Waals surface area contributed by atoms with Crippen molar-refractivity contribution in [2.75, 3.05) is 0 Å². The molecule has 0 spiro atoms. The summed E-state index contributed by atoms with van der Waals surface area (Å²) >= 11 is 0. The Kier molecular flexibility index (Phi) is 2.63.